The van der Waals surface area contributed by atoms with Crippen LogP contribution in [0.3, 0.4) is 0 Å². The number of ether oxygens (including phenoxy) is 1. The molecule has 0 saturated heterocycles. The lowest BCUT2D eigenvalue weighted by molar-refractivity contribution is -0.140. The highest BCUT2D eigenvalue weighted by atomic mass is 32.2. The maximum Gasteiger partial charge on any atom is 0.323 e. The van der Waals surface area contributed by atoms with E-state index >= 15 is 0 Å². The van der Waals surface area contributed by atoms with E-state index in [1.807, 2.05) is 0 Å². The average molecular weight is 341 g/mol. The molecule has 2 N–H and O–H groups in total. The van der Waals surface area contributed by atoms with Gasteiger partial charge in [-0.2, -0.15) is 0 Å². The van der Waals surface area contributed by atoms with Crippen LogP contribution in [0.2, 0.25) is 0 Å². The number of nitrogens with zero attached hydrogens (tertiary/aromatic N) is 2. The van der Waals surface area contributed by atoms with Crippen molar-refractivity contribution in [3.05, 3.63) is 0 Å². The molecule has 12 heteroatoms. The van der Waals surface area contributed by atoms with Gasteiger partial charge in [0.2, 0.25) is 15.2 Å². The average Bonchev–Trinajstić information content (AvgIpc) is 2.72. The summed E-state index contributed by atoms with van der Waals surface area (Å²) in [5, 5.41) is 15.6. The number of anilines is 1. The predicted octanol–water partition coefficient (Wildman–Crippen LogP) is 0.0196. The molecule has 0 aliphatic heterocycles. The topological polar surface area (TPSA) is 136 Å². The van der Waals surface area contributed by atoms with Crippen LogP contribution in [0.1, 0.15) is 6.92 Å². The number of sulfonamides is 1. The molecule has 0 aromatic carbocycles. The van der Waals surface area contributed by atoms with E-state index in [2.05, 4.69) is 19.7 Å². The van der Waals surface area contributed by atoms with Gasteiger partial charge in [0.25, 0.3) is 0 Å². The van der Waals surface area contributed by atoms with Gasteiger partial charge in [0, 0.05) is 0 Å². The van der Waals surface area contributed by atoms with Crippen LogP contribution in [0, 0.1) is 0 Å². The molecule has 0 atom stereocenters. The van der Waals surface area contributed by atoms with Gasteiger partial charge in [-0.05, 0) is 6.92 Å². The number of rotatable bonds is 8. The van der Waals surface area contributed by atoms with E-state index in [4.69, 9.17) is 5.11 Å². The number of aliphatic carboxylic acids is 1. The highest BCUT2D eigenvalue weighted by Crippen LogP contribution is 2.25. The number of aromatic nitrogens is 2. The SMILES string of the molecule is CCOC(=O)CS(=O)(=O)Nc1nnc(SCC(=O)O)s1. The number of hydrogen-bond acceptors (Lipinski definition) is 9. The number of carboxylic acids is 1. The van der Waals surface area contributed by atoms with Crippen LogP contribution < -0.4 is 4.72 Å². The molecule has 0 aliphatic rings. The van der Waals surface area contributed by atoms with Crippen LogP contribution in [0.4, 0.5) is 5.13 Å². The first-order valence-electron chi connectivity index (χ1n) is 5.16. The van der Waals surface area contributed by atoms with Crippen molar-refractivity contribution >= 4 is 50.2 Å². The summed E-state index contributed by atoms with van der Waals surface area (Å²) in [6, 6.07) is 0. The first kappa shape index (κ1) is 16.7. The Morgan fingerprint density at radius 1 is 1.45 bits per heavy atom. The zero-order valence-corrected chi connectivity index (χ0v) is 12.7. The van der Waals surface area contributed by atoms with Crippen LogP contribution in [0.15, 0.2) is 4.34 Å². The fourth-order valence-electron chi connectivity index (χ4n) is 0.960. The van der Waals surface area contributed by atoms with E-state index in [0.29, 0.717) is 4.34 Å². The molecule has 0 radical (unpaired) electrons. The molecule has 0 unspecified atom stereocenters. The summed E-state index contributed by atoms with van der Waals surface area (Å²) in [6.07, 6.45) is 0. The molecule has 112 valence electrons. The molecule has 1 rings (SSSR count). The summed E-state index contributed by atoms with van der Waals surface area (Å²) < 4.78 is 30.1. The van der Waals surface area contributed by atoms with Crippen LogP contribution >= 0.6 is 23.1 Å². The van der Waals surface area contributed by atoms with Gasteiger partial charge in [-0.25, -0.2) is 8.42 Å². The highest BCUT2D eigenvalue weighted by molar-refractivity contribution is 8.01. The summed E-state index contributed by atoms with van der Waals surface area (Å²) in [5.74, 6) is -2.91. The van der Waals surface area contributed by atoms with Gasteiger partial charge in [0.15, 0.2) is 10.1 Å². The van der Waals surface area contributed by atoms with Crippen LogP contribution in [0.5, 0.6) is 0 Å². The fourth-order valence-corrected chi connectivity index (χ4v) is 3.60. The Balaban J connectivity index is 2.59. The number of hydrogen-bond donors (Lipinski definition) is 2. The minimum absolute atomic E-state index is 0.0396. The maximum atomic E-state index is 11.6. The molecule has 1 aromatic rings. The van der Waals surface area contributed by atoms with Crippen molar-refractivity contribution in [2.45, 2.75) is 11.3 Å². The first-order valence-corrected chi connectivity index (χ1v) is 8.62. The lowest BCUT2D eigenvalue weighted by Gasteiger charge is -2.03. The Labute approximate surface area is 122 Å². The van der Waals surface area contributed by atoms with Crippen molar-refractivity contribution in [3.63, 3.8) is 0 Å². The molecule has 1 aromatic heterocycles. The van der Waals surface area contributed by atoms with Gasteiger partial charge >= 0.3 is 11.9 Å². The van der Waals surface area contributed by atoms with Crippen molar-refractivity contribution in [1.82, 2.24) is 10.2 Å². The van der Waals surface area contributed by atoms with Crippen LogP contribution in [-0.2, 0) is 24.3 Å². The van der Waals surface area contributed by atoms with Crippen molar-refractivity contribution < 1.29 is 27.9 Å². The molecule has 9 nitrogen and oxygen atoms in total. The van der Waals surface area contributed by atoms with Gasteiger partial charge in [-0.1, -0.05) is 23.1 Å². The molecule has 0 spiro atoms. The molecule has 1 heterocycles. The smallest absolute Gasteiger partial charge is 0.323 e. The molecule has 0 fully saturated rings. The van der Waals surface area contributed by atoms with Gasteiger partial charge in [0.05, 0.1) is 12.4 Å². The van der Waals surface area contributed by atoms with E-state index < -0.39 is 27.7 Å². The summed E-state index contributed by atoms with van der Waals surface area (Å²) in [5.41, 5.74) is 0. The third kappa shape index (κ3) is 6.16. The lowest BCUT2D eigenvalue weighted by atomic mass is 10.8. The van der Waals surface area contributed by atoms with E-state index in [0.717, 1.165) is 23.1 Å². The molecule has 0 bridgehead atoms. The zero-order chi connectivity index (χ0) is 15.2. The van der Waals surface area contributed by atoms with E-state index in [9.17, 15) is 18.0 Å². The van der Waals surface area contributed by atoms with Crippen molar-refractivity contribution in [1.29, 1.82) is 0 Å². The zero-order valence-electron chi connectivity index (χ0n) is 10.2. The number of nitrogens with one attached hydrogen (secondary N) is 1. The van der Waals surface area contributed by atoms with E-state index in [1.54, 1.807) is 6.92 Å². The quantitative estimate of drug-likeness (QED) is 0.495. The number of esters is 1. The van der Waals surface area contributed by atoms with Crippen LogP contribution in [-0.4, -0.2) is 53.8 Å². The Morgan fingerprint density at radius 2 is 2.15 bits per heavy atom. The van der Waals surface area contributed by atoms with Gasteiger partial charge in [0.1, 0.15) is 0 Å². The monoisotopic (exact) mass is 341 g/mol. The number of carbonyl (C=O) groups excluding carboxylic acids is 1. The highest BCUT2D eigenvalue weighted by Gasteiger charge is 2.19. The Hall–Kier alpha value is -1.40. The fraction of sp³-hybridized carbons (Fsp3) is 0.500. The number of thioether (sulfide) groups is 1. The Kier molecular flexibility index (Phi) is 6.16. The summed E-state index contributed by atoms with van der Waals surface area (Å²) in [4.78, 5) is 21.5. The van der Waals surface area contributed by atoms with Crippen molar-refractivity contribution in [2.24, 2.45) is 0 Å². The molecule has 20 heavy (non-hydrogen) atoms. The second-order valence-corrected chi connectivity index (χ2v) is 7.14. The van der Waals surface area contributed by atoms with Gasteiger partial charge in [-0.3, -0.25) is 14.3 Å². The standard InChI is InChI=1S/C8H11N3O6S3/c1-2-17-6(14)4-20(15,16)11-7-9-10-8(19-7)18-3-5(12)13/h2-4H2,1H3,(H,9,11)(H,12,13). The number of carboxylic acid groups (broad SMARTS) is 1. The predicted molar refractivity (Wildman–Crippen MR) is 72.3 cm³/mol. The minimum Gasteiger partial charge on any atom is -0.481 e. The maximum absolute atomic E-state index is 11.6. The summed E-state index contributed by atoms with van der Waals surface area (Å²) in [6.45, 7) is 1.65. The molecular weight excluding hydrogens is 330 g/mol. The first-order chi connectivity index (χ1) is 9.32. The molecule has 0 aliphatic carbocycles. The number of carbonyl (C=O) groups is 2. The second-order valence-electron chi connectivity index (χ2n) is 3.22. The normalized spacial score (nSPS) is 11.1. The minimum atomic E-state index is -3.92. The molecule has 0 saturated carbocycles. The van der Waals surface area contributed by atoms with Crippen molar-refractivity contribution in [2.75, 3.05) is 22.8 Å². The third-order valence-corrected chi connectivity index (χ3v) is 4.79. The van der Waals surface area contributed by atoms with Crippen molar-refractivity contribution in [3.8, 4) is 0 Å². The van der Waals surface area contributed by atoms with Crippen LogP contribution in [0.25, 0.3) is 0 Å². The Bertz CT molecular complexity index is 584. The largest absolute Gasteiger partial charge is 0.481 e. The summed E-state index contributed by atoms with van der Waals surface area (Å²) in [7, 11) is -3.92. The molecular formula is C8H11N3O6S3. The lowest BCUT2D eigenvalue weighted by Crippen LogP contribution is -2.24. The third-order valence-electron chi connectivity index (χ3n) is 1.58. The van der Waals surface area contributed by atoms with E-state index in [1.165, 1.54) is 0 Å². The van der Waals surface area contributed by atoms with Gasteiger partial charge in [-0.15, -0.1) is 10.2 Å². The Morgan fingerprint density at radius 3 is 2.75 bits per heavy atom. The second kappa shape index (κ2) is 7.40. The summed E-state index contributed by atoms with van der Waals surface area (Å²) >= 11 is 1.79. The van der Waals surface area contributed by atoms with E-state index in [-0.39, 0.29) is 17.5 Å². The van der Waals surface area contributed by atoms with Gasteiger partial charge < -0.3 is 9.84 Å². The molecule has 0 amide bonds.